The standard InChI is InChI=1S/C14H25N5O.HI/c1-11-18-13(19-20-11)10-17-14(15-2)16-9-5-8-12-6-3-4-7-12;/h12H,3-10H2,1-2H3,(H2,15,16,17);1H. The number of rotatable bonds is 6. The Morgan fingerprint density at radius 1 is 1.33 bits per heavy atom. The highest BCUT2D eigenvalue weighted by molar-refractivity contribution is 14.0. The highest BCUT2D eigenvalue weighted by Crippen LogP contribution is 2.28. The molecule has 1 saturated carbocycles. The van der Waals surface area contributed by atoms with Crippen LogP contribution in [-0.2, 0) is 6.54 Å². The van der Waals surface area contributed by atoms with Crippen molar-refractivity contribution >= 4 is 29.9 Å². The normalized spacial score (nSPS) is 15.8. The molecule has 0 radical (unpaired) electrons. The van der Waals surface area contributed by atoms with Crippen LogP contribution in [0.3, 0.4) is 0 Å². The Kier molecular flexibility index (Phi) is 8.63. The van der Waals surface area contributed by atoms with E-state index in [9.17, 15) is 0 Å². The maximum absolute atomic E-state index is 4.92. The van der Waals surface area contributed by atoms with Gasteiger partial charge in [-0.15, -0.1) is 24.0 Å². The van der Waals surface area contributed by atoms with Crippen LogP contribution >= 0.6 is 24.0 Å². The lowest BCUT2D eigenvalue weighted by Crippen LogP contribution is -2.37. The van der Waals surface area contributed by atoms with Crippen molar-refractivity contribution in [2.45, 2.75) is 52.0 Å². The highest BCUT2D eigenvalue weighted by atomic mass is 127. The summed E-state index contributed by atoms with van der Waals surface area (Å²) in [6, 6.07) is 0. The number of guanidine groups is 1. The summed E-state index contributed by atoms with van der Waals surface area (Å²) >= 11 is 0. The SMILES string of the molecule is CN=C(NCCCC1CCCC1)NCc1noc(C)n1.I. The van der Waals surface area contributed by atoms with Crippen LogP contribution in [0.2, 0.25) is 0 Å². The highest BCUT2D eigenvalue weighted by Gasteiger charge is 2.14. The zero-order valence-electron chi connectivity index (χ0n) is 12.9. The van der Waals surface area contributed by atoms with Crippen LogP contribution in [0.5, 0.6) is 0 Å². The summed E-state index contributed by atoms with van der Waals surface area (Å²) in [5.74, 6) is 2.98. The minimum Gasteiger partial charge on any atom is -0.356 e. The van der Waals surface area contributed by atoms with Crippen molar-refractivity contribution in [3.05, 3.63) is 11.7 Å². The molecule has 1 heterocycles. The van der Waals surface area contributed by atoms with Gasteiger partial charge >= 0.3 is 0 Å². The molecule has 1 aliphatic carbocycles. The Hall–Kier alpha value is -0.860. The Morgan fingerprint density at radius 3 is 2.71 bits per heavy atom. The van der Waals surface area contributed by atoms with Gasteiger partial charge in [0.2, 0.25) is 5.89 Å². The molecule has 6 nitrogen and oxygen atoms in total. The lowest BCUT2D eigenvalue weighted by molar-refractivity contribution is 0.386. The second-order valence-electron chi connectivity index (χ2n) is 5.37. The van der Waals surface area contributed by atoms with Crippen molar-refractivity contribution in [2.24, 2.45) is 10.9 Å². The number of nitrogens with zero attached hydrogens (tertiary/aromatic N) is 3. The van der Waals surface area contributed by atoms with E-state index >= 15 is 0 Å². The number of aryl methyl sites for hydroxylation is 1. The molecule has 1 aromatic rings. The summed E-state index contributed by atoms with van der Waals surface area (Å²) in [6.07, 6.45) is 8.21. The molecule has 0 saturated heterocycles. The smallest absolute Gasteiger partial charge is 0.223 e. The van der Waals surface area contributed by atoms with E-state index in [0.29, 0.717) is 18.3 Å². The molecular weight excluding hydrogens is 381 g/mol. The maximum atomic E-state index is 4.92. The fourth-order valence-corrected chi connectivity index (χ4v) is 2.69. The van der Waals surface area contributed by atoms with Crippen LogP contribution in [0.15, 0.2) is 9.52 Å². The number of aromatic nitrogens is 2. The van der Waals surface area contributed by atoms with Gasteiger partial charge in [0.1, 0.15) is 0 Å². The average Bonchev–Trinajstić information content (AvgIpc) is 3.09. The summed E-state index contributed by atoms with van der Waals surface area (Å²) in [6.45, 7) is 3.27. The number of hydrogen-bond donors (Lipinski definition) is 2. The largest absolute Gasteiger partial charge is 0.356 e. The quantitative estimate of drug-likeness (QED) is 0.328. The predicted molar refractivity (Wildman–Crippen MR) is 93.8 cm³/mol. The second-order valence-corrected chi connectivity index (χ2v) is 5.37. The van der Waals surface area contributed by atoms with Crippen molar-refractivity contribution in [2.75, 3.05) is 13.6 Å². The molecule has 1 aliphatic rings. The minimum atomic E-state index is 0. The van der Waals surface area contributed by atoms with Gasteiger partial charge in [-0.1, -0.05) is 30.8 Å². The number of nitrogens with one attached hydrogen (secondary N) is 2. The van der Waals surface area contributed by atoms with Gasteiger partial charge < -0.3 is 15.2 Å². The van der Waals surface area contributed by atoms with Crippen molar-refractivity contribution in [3.63, 3.8) is 0 Å². The third-order valence-electron chi connectivity index (χ3n) is 3.76. The number of aliphatic imine (C=N–C) groups is 1. The molecule has 1 aromatic heterocycles. The fraction of sp³-hybridized carbons (Fsp3) is 0.786. The number of halogens is 1. The fourth-order valence-electron chi connectivity index (χ4n) is 2.69. The average molecular weight is 407 g/mol. The third-order valence-corrected chi connectivity index (χ3v) is 3.76. The Labute approximate surface area is 143 Å². The van der Waals surface area contributed by atoms with Gasteiger partial charge in [-0.25, -0.2) is 0 Å². The van der Waals surface area contributed by atoms with Crippen molar-refractivity contribution < 1.29 is 4.52 Å². The summed E-state index contributed by atoms with van der Waals surface area (Å²) in [4.78, 5) is 8.33. The zero-order chi connectivity index (χ0) is 14.2. The second kappa shape index (κ2) is 9.97. The van der Waals surface area contributed by atoms with Gasteiger partial charge in [-0.2, -0.15) is 4.98 Å². The lowest BCUT2D eigenvalue weighted by Gasteiger charge is -2.12. The summed E-state index contributed by atoms with van der Waals surface area (Å²) in [5.41, 5.74) is 0. The first-order valence-electron chi connectivity index (χ1n) is 7.51. The van der Waals surface area contributed by atoms with Crippen LogP contribution in [0.4, 0.5) is 0 Å². The lowest BCUT2D eigenvalue weighted by atomic mass is 10.0. The Balaban J connectivity index is 0.00000220. The van der Waals surface area contributed by atoms with E-state index in [1.54, 1.807) is 14.0 Å². The van der Waals surface area contributed by atoms with E-state index in [1.165, 1.54) is 38.5 Å². The molecular formula is C14H26IN5O. The molecule has 1 fully saturated rings. The van der Waals surface area contributed by atoms with E-state index in [-0.39, 0.29) is 24.0 Å². The monoisotopic (exact) mass is 407 g/mol. The van der Waals surface area contributed by atoms with Crippen molar-refractivity contribution in [3.8, 4) is 0 Å². The van der Waals surface area contributed by atoms with E-state index in [0.717, 1.165) is 18.4 Å². The molecule has 7 heteroatoms. The molecule has 120 valence electrons. The molecule has 0 aliphatic heterocycles. The van der Waals surface area contributed by atoms with Gasteiger partial charge in [0.25, 0.3) is 0 Å². The first-order valence-corrected chi connectivity index (χ1v) is 7.51. The van der Waals surface area contributed by atoms with Gasteiger partial charge in [0.05, 0.1) is 6.54 Å². The molecule has 0 atom stereocenters. The number of hydrogen-bond acceptors (Lipinski definition) is 4. The molecule has 0 bridgehead atoms. The van der Waals surface area contributed by atoms with Crippen LogP contribution in [0, 0.1) is 12.8 Å². The summed E-state index contributed by atoms with van der Waals surface area (Å²) < 4.78 is 4.92. The van der Waals surface area contributed by atoms with Gasteiger partial charge in [0, 0.05) is 20.5 Å². The van der Waals surface area contributed by atoms with E-state index in [1.807, 2.05) is 0 Å². The van der Waals surface area contributed by atoms with Gasteiger partial charge in [-0.3, -0.25) is 4.99 Å². The van der Waals surface area contributed by atoms with Crippen LogP contribution < -0.4 is 10.6 Å². The van der Waals surface area contributed by atoms with E-state index < -0.39 is 0 Å². The zero-order valence-corrected chi connectivity index (χ0v) is 15.2. The molecule has 2 rings (SSSR count). The summed E-state index contributed by atoms with van der Waals surface area (Å²) in [7, 11) is 1.77. The molecule has 0 unspecified atom stereocenters. The predicted octanol–water partition coefficient (Wildman–Crippen LogP) is 2.63. The molecule has 2 N–H and O–H groups in total. The molecule has 0 aromatic carbocycles. The first kappa shape index (κ1) is 18.2. The first-order chi connectivity index (χ1) is 9.78. The maximum Gasteiger partial charge on any atom is 0.223 e. The molecule has 0 amide bonds. The van der Waals surface area contributed by atoms with Crippen molar-refractivity contribution in [1.82, 2.24) is 20.8 Å². The third kappa shape index (κ3) is 6.62. The molecule has 0 spiro atoms. The molecule has 21 heavy (non-hydrogen) atoms. The van der Waals surface area contributed by atoms with Gasteiger partial charge in [-0.05, 0) is 18.8 Å². The van der Waals surface area contributed by atoms with Crippen LogP contribution in [0.1, 0.15) is 50.2 Å². The minimum absolute atomic E-state index is 0. The van der Waals surface area contributed by atoms with Gasteiger partial charge in [0.15, 0.2) is 11.8 Å². The van der Waals surface area contributed by atoms with Crippen molar-refractivity contribution in [1.29, 1.82) is 0 Å². The summed E-state index contributed by atoms with van der Waals surface area (Å²) in [5, 5.41) is 10.3. The van der Waals surface area contributed by atoms with E-state index in [2.05, 4.69) is 25.8 Å². The van der Waals surface area contributed by atoms with Crippen LogP contribution in [-0.4, -0.2) is 29.7 Å². The van der Waals surface area contributed by atoms with Crippen LogP contribution in [0.25, 0.3) is 0 Å². The van der Waals surface area contributed by atoms with E-state index in [4.69, 9.17) is 4.52 Å². The Bertz CT molecular complexity index is 429. The Morgan fingerprint density at radius 2 is 2.10 bits per heavy atom. The topological polar surface area (TPSA) is 75.3 Å².